The largest absolute Gasteiger partial charge is 0.352 e. The van der Waals surface area contributed by atoms with Crippen LogP contribution in [-0.4, -0.2) is 43.8 Å². The maximum absolute atomic E-state index is 14.6. The van der Waals surface area contributed by atoms with Gasteiger partial charge in [-0.25, -0.2) is 12.8 Å². The van der Waals surface area contributed by atoms with E-state index in [-0.39, 0.29) is 29.8 Å². The van der Waals surface area contributed by atoms with Gasteiger partial charge < -0.3 is 10.2 Å². The zero-order chi connectivity index (χ0) is 32.7. The summed E-state index contributed by atoms with van der Waals surface area (Å²) < 4.78 is 43.3. The molecule has 240 valence electrons. The Morgan fingerprint density at radius 1 is 0.826 bits per heavy atom. The van der Waals surface area contributed by atoms with E-state index in [1.165, 1.54) is 29.2 Å². The molecule has 1 fully saturated rings. The highest BCUT2D eigenvalue weighted by atomic mass is 32.2. The third-order valence-electron chi connectivity index (χ3n) is 8.42. The Morgan fingerprint density at radius 2 is 1.50 bits per heavy atom. The summed E-state index contributed by atoms with van der Waals surface area (Å²) in [5.74, 6) is -1.27. The molecule has 0 bridgehead atoms. The third kappa shape index (κ3) is 8.20. The SMILES string of the molecule is Cc1ccc(S(=O)(=O)N(CC(=O)N(Cc2ccc(F)cc2)C(Cc2ccccc2)C(=O)NC2CCCC2)c2cccc(C)c2)cc1. The van der Waals surface area contributed by atoms with Gasteiger partial charge in [0.1, 0.15) is 18.4 Å². The van der Waals surface area contributed by atoms with Crippen molar-refractivity contribution in [2.45, 2.75) is 69.5 Å². The topological polar surface area (TPSA) is 86.8 Å². The summed E-state index contributed by atoms with van der Waals surface area (Å²) in [6, 6.07) is 27.7. The molecule has 1 aliphatic carbocycles. The summed E-state index contributed by atoms with van der Waals surface area (Å²) in [5.41, 5.74) is 3.54. The average molecular weight is 642 g/mol. The van der Waals surface area contributed by atoms with E-state index in [0.717, 1.165) is 46.7 Å². The van der Waals surface area contributed by atoms with Gasteiger partial charge in [0.05, 0.1) is 10.6 Å². The monoisotopic (exact) mass is 641 g/mol. The Bertz CT molecular complexity index is 1740. The van der Waals surface area contributed by atoms with E-state index in [9.17, 15) is 22.4 Å². The van der Waals surface area contributed by atoms with Gasteiger partial charge in [-0.05, 0) is 79.8 Å². The molecule has 1 unspecified atom stereocenters. The van der Waals surface area contributed by atoms with E-state index >= 15 is 0 Å². The van der Waals surface area contributed by atoms with E-state index in [1.54, 1.807) is 42.5 Å². The van der Waals surface area contributed by atoms with Crippen LogP contribution in [0.25, 0.3) is 0 Å². The predicted molar refractivity (Wildman–Crippen MR) is 178 cm³/mol. The molecule has 9 heteroatoms. The molecule has 4 aromatic carbocycles. The van der Waals surface area contributed by atoms with Crippen LogP contribution in [0.2, 0.25) is 0 Å². The van der Waals surface area contributed by atoms with Gasteiger partial charge in [0.15, 0.2) is 0 Å². The minimum atomic E-state index is -4.18. The smallest absolute Gasteiger partial charge is 0.264 e. The Balaban J connectivity index is 1.56. The molecule has 2 amide bonds. The lowest BCUT2D eigenvalue weighted by atomic mass is 10.0. The van der Waals surface area contributed by atoms with E-state index in [1.807, 2.05) is 50.2 Å². The van der Waals surface area contributed by atoms with Gasteiger partial charge >= 0.3 is 0 Å². The minimum Gasteiger partial charge on any atom is -0.352 e. The van der Waals surface area contributed by atoms with Crippen molar-refractivity contribution in [1.29, 1.82) is 0 Å². The van der Waals surface area contributed by atoms with Gasteiger partial charge in [-0.15, -0.1) is 0 Å². The molecule has 0 aromatic heterocycles. The fourth-order valence-corrected chi connectivity index (χ4v) is 7.26. The fourth-order valence-electron chi connectivity index (χ4n) is 5.86. The summed E-state index contributed by atoms with van der Waals surface area (Å²) >= 11 is 0. The van der Waals surface area contributed by atoms with Gasteiger partial charge in [0, 0.05) is 19.0 Å². The molecule has 0 radical (unpaired) electrons. The number of hydrogen-bond acceptors (Lipinski definition) is 4. The predicted octanol–water partition coefficient (Wildman–Crippen LogP) is 6.34. The maximum atomic E-state index is 14.6. The van der Waals surface area contributed by atoms with Crippen LogP contribution >= 0.6 is 0 Å². The second-order valence-electron chi connectivity index (χ2n) is 12.0. The van der Waals surface area contributed by atoms with Crippen molar-refractivity contribution in [2.24, 2.45) is 0 Å². The number of carbonyl (C=O) groups is 2. The molecule has 0 heterocycles. The molecule has 4 aromatic rings. The van der Waals surface area contributed by atoms with Crippen molar-refractivity contribution < 1.29 is 22.4 Å². The van der Waals surface area contributed by atoms with E-state index in [2.05, 4.69) is 5.32 Å². The van der Waals surface area contributed by atoms with Crippen LogP contribution in [-0.2, 0) is 32.6 Å². The number of amides is 2. The number of carbonyl (C=O) groups excluding carboxylic acids is 2. The molecule has 1 N–H and O–H groups in total. The Labute approximate surface area is 271 Å². The lowest BCUT2D eigenvalue weighted by Gasteiger charge is -2.34. The molecule has 0 aliphatic heterocycles. The first-order valence-corrected chi connectivity index (χ1v) is 17.1. The highest BCUT2D eigenvalue weighted by Crippen LogP contribution is 2.26. The molecule has 0 saturated heterocycles. The van der Waals surface area contributed by atoms with Gasteiger partial charge in [-0.2, -0.15) is 0 Å². The van der Waals surface area contributed by atoms with Crippen molar-refractivity contribution in [2.75, 3.05) is 10.8 Å². The van der Waals surface area contributed by atoms with Crippen LogP contribution in [0.5, 0.6) is 0 Å². The number of hydrogen-bond donors (Lipinski definition) is 1. The van der Waals surface area contributed by atoms with Crippen molar-refractivity contribution in [1.82, 2.24) is 10.2 Å². The van der Waals surface area contributed by atoms with E-state index in [4.69, 9.17) is 0 Å². The quantitative estimate of drug-likeness (QED) is 0.196. The number of aryl methyl sites for hydroxylation is 2. The van der Waals surface area contributed by atoms with Crippen molar-refractivity contribution in [3.63, 3.8) is 0 Å². The molecule has 1 saturated carbocycles. The van der Waals surface area contributed by atoms with Crippen LogP contribution in [0.3, 0.4) is 0 Å². The summed E-state index contributed by atoms with van der Waals surface area (Å²) in [5, 5.41) is 3.16. The van der Waals surface area contributed by atoms with Crippen LogP contribution in [0.15, 0.2) is 108 Å². The number of nitrogens with one attached hydrogen (secondary N) is 1. The minimum absolute atomic E-state index is 0.0130. The first kappa shape index (κ1) is 32.9. The number of halogens is 1. The van der Waals surface area contributed by atoms with Crippen LogP contribution < -0.4 is 9.62 Å². The zero-order valence-corrected chi connectivity index (χ0v) is 27.0. The standard InChI is InChI=1S/C37H40FN3O4S/c1-27-15-21-34(22-16-27)46(44,45)41(33-14-8-9-28(2)23-33)26-36(42)40(25-30-17-19-31(38)20-18-30)35(24-29-10-4-3-5-11-29)37(43)39-32-12-6-7-13-32/h3-5,8-11,14-23,32,35H,6-7,12-13,24-26H2,1-2H3,(H,39,43). The first-order chi connectivity index (χ1) is 22.1. The second-order valence-corrected chi connectivity index (χ2v) is 13.9. The van der Waals surface area contributed by atoms with Crippen molar-refractivity contribution in [3.8, 4) is 0 Å². The molecular weight excluding hydrogens is 601 g/mol. The lowest BCUT2D eigenvalue weighted by molar-refractivity contribution is -0.140. The Hall–Kier alpha value is -4.50. The normalized spacial score (nSPS) is 14.1. The highest BCUT2D eigenvalue weighted by molar-refractivity contribution is 7.92. The molecule has 1 aliphatic rings. The van der Waals surface area contributed by atoms with Crippen LogP contribution in [0.4, 0.5) is 10.1 Å². The molecule has 1 atom stereocenters. The van der Waals surface area contributed by atoms with Crippen LogP contribution in [0.1, 0.15) is 47.9 Å². The Kier molecular flexibility index (Phi) is 10.5. The van der Waals surface area contributed by atoms with E-state index in [0.29, 0.717) is 11.3 Å². The average Bonchev–Trinajstić information content (AvgIpc) is 3.56. The number of sulfonamides is 1. The van der Waals surface area contributed by atoms with Gasteiger partial charge in [0.2, 0.25) is 11.8 Å². The van der Waals surface area contributed by atoms with Gasteiger partial charge in [-0.3, -0.25) is 13.9 Å². The number of nitrogens with zero attached hydrogens (tertiary/aromatic N) is 2. The maximum Gasteiger partial charge on any atom is 0.264 e. The molecule has 46 heavy (non-hydrogen) atoms. The molecule has 0 spiro atoms. The number of anilines is 1. The molecule has 7 nitrogen and oxygen atoms in total. The third-order valence-corrected chi connectivity index (χ3v) is 10.2. The first-order valence-electron chi connectivity index (χ1n) is 15.6. The van der Waals surface area contributed by atoms with E-state index < -0.39 is 34.3 Å². The summed E-state index contributed by atoms with van der Waals surface area (Å²) in [6.45, 7) is 3.17. The fraction of sp³-hybridized carbons (Fsp3) is 0.297. The van der Waals surface area contributed by atoms with Gasteiger partial charge in [0.25, 0.3) is 10.0 Å². The van der Waals surface area contributed by atoms with Crippen LogP contribution in [0, 0.1) is 19.7 Å². The summed E-state index contributed by atoms with van der Waals surface area (Å²) in [4.78, 5) is 30.1. The Morgan fingerprint density at radius 3 is 2.15 bits per heavy atom. The number of benzene rings is 4. The van der Waals surface area contributed by atoms with Crippen molar-refractivity contribution in [3.05, 3.63) is 131 Å². The zero-order valence-electron chi connectivity index (χ0n) is 26.2. The van der Waals surface area contributed by atoms with Crippen molar-refractivity contribution >= 4 is 27.5 Å². The number of rotatable bonds is 12. The molecular formula is C37H40FN3O4S. The lowest BCUT2D eigenvalue weighted by Crippen LogP contribution is -2.54. The summed E-state index contributed by atoms with van der Waals surface area (Å²) in [7, 11) is -4.18. The highest BCUT2D eigenvalue weighted by Gasteiger charge is 2.35. The summed E-state index contributed by atoms with van der Waals surface area (Å²) in [6.07, 6.45) is 4.00. The second kappa shape index (κ2) is 14.7. The molecule has 5 rings (SSSR count). The van der Waals surface area contributed by atoms with Gasteiger partial charge in [-0.1, -0.05) is 85.1 Å².